The van der Waals surface area contributed by atoms with E-state index < -0.39 is 0 Å². The molecular weight excluding hydrogens is 212 g/mol. The Morgan fingerprint density at radius 1 is 1.53 bits per heavy atom. The van der Waals surface area contributed by atoms with Gasteiger partial charge >= 0.3 is 16.9 Å². The van der Waals surface area contributed by atoms with Crippen molar-refractivity contribution in [2.45, 2.75) is 26.2 Å². The van der Waals surface area contributed by atoms with Gasteiger partial charge in [0.1, 0.15) is 6.20 Å². The molecule has 15 heavy (non-hydrogen) atoms. The first-order valence-electron chi connectivity index (χ1n) is 5.06. The van der Waals surface area contributed by atoms with E-state index >= 15 is 0 Å². The smallest absolute Gasteiger partial charge is 0.246 e. The summed E-state index contributed by atoms with van der Waals surface area (Å²) < 4.78 is 1.57. The van der Waals surface area contributed by atoms with Crippen molar-refractivity contribution in [3.8, 4) is 0 Å². The molecule has 1 amide bonds. The Morgan fingerprint density at radius 2 is 2.33 bits per heavy atom. The lowest BCUT2D eigenvalue weighted by Crippen LogP contribution is -2.54. The third kappa shape index (κ3) is 1.79. The highest BCUT2D eigenvalue weighted by atomic mass is 32.1. The first kappa shape index (κ1) is 10.3. The standard InChI is InChI=1S/C10H13N2O2S/c1-2-3-4-11-8(13)7-9(14)12-5-6-15-10(11)12/h5-6H,2-4,7H2,1H3/q+1. The topological polar surface area (TPSA) is 41.3 Å². The van der Waals surface area contributed by atoms with E-state index in [1.807, 2.05) is 5.38 Å². The van der Waals surface area contributed by atoms with Gasteiger partial charge in [-0.15, -0.1) is 0 Å². The van der Waals surface area contributed by atoms with Crippen molar-refractivity contribution < 1.29 is 14.2 Å². The number of nitrogens with zero attached hydrogens (tertiary/aromatic N) is 2. The summed E-state index contributed by atoms with van der Waals surface area (Å²) in [5.41, 5.74) is 0. The zero-order valence-electron chi connectivity index (χ0n) is 8.60. The monoisotopic (exact) mass is 225 g/mol. The van der Waals surface area contributed by atoms with Crippen LogP contribution < -0.4 is 9.47 Å². The molecule has 0 aliphatic carbocycles. The summed E-state index contributed by atoms with van der Waals surface area (Å²) in [7, 11) is 0. The van der Waals surface area contributed by atoms with E-state index in [2.05, 4.69) is 6.92 Å². The highest BCUT2D eigenvalue weighted by Gasteiger charge is 2.38. The highest BCUT2D eigenvalue weighted by molar-refractivity contribution is 7.13. The number of thiazole rings is 1. The van der Waals surface area contributed by atoms with Crippen molar-refractivity contribution in [3.63, 3.8) is 0 Å². The van der Waals surface area contributed by atoms with Crippen molar-refractivity contribution in [3.05, 3.63) is 11.6 Å². The molecule has 0 unspecified atom stereocenters. The van der Waals surface area contributed by atoms with Crippen molar-refractivity contribution in [1.82, 2.24) is 0 Å². The van der Waals surface area contributed by atoms with Crippen LogP contribution in [-0.4, -0.2) is 18.4 Å². The van der Waals surface area contributed by atoms with Gasteiger partial charge in [-0.1, -0.05) is 24.7 Å². The molecule has 1 aliphatic heterocycles. The number of amides is 1. The zero-order valence-corrected chi connectivity index (χ0v) is 9.42. The van der Waals surface area contributed by atoms with Crippen LogP contribution in [0.4, 0.5) is 5.13 Å². The molecule has 80 valence electrons. The lowest BCUT2D eigenvalue weighted by molar-refractivity contribution is -0.557. The van der Waals surface area contributed by atoms with Gasteiger partial charge in [0.15, 0.2) is 6.42 Å². The SMILES string of the molecule is CCCCN1C(=O)CC(=O)[n+]2ccsc21. The molecule has 0 fully saturated rings. The molecule has 1 aliphatic rings. The van der Waals surface area contributed by atoms with Crippen molar-refractivity contribution >= 4 is 28.3 Å². The molecule has 1 aromatic rings. The fourth-order valence-corrected chi connectivity index (χ4v) is 2.51. The van der Waals surface area contributed by atoms with Crippen LogP contribution in [0.1, 0.15) is 31.0 Å². The van der Waals surface area contributed by atoms with E-state index in [1.165, 1.54) is 11.3 Å². The highest BCUT2D eigenvalue weighted by Crippen LogP contribution is 2.21. The van der Waals surface area contributed by atoms with Crippen LogP contribution in [0.5, 0.6) is 0 Å². The molecule has 0 radical (unpaired) electrons. The quantitative estimate of drug-likeness (QED) is 0.573. The fraction of sp³-hybridized carbons (Fsp3) is 0.500. The van der Waals surface area contributed by atoms with Crippen molar-refractivity contribution in [2.75, 3.05) is 11.4 Å². The molecule has 0 N–H and O–H groups in total. The van der Waals surface area contributed by atoms with Gasteiger partial charge in [-0.2, -0.15) is 9.47 Å². The minimum atomic E-state index is -0.121. The lowest BCUT2D eigenvalue weighted by atomic mass is 10.2. The summed E-state index contributed by atoms with van der Waals surface area (Å²) in [6.07, 6.45) is 3.74. The lowest BCUT2D eigenvalue weighted by Gasteiger charge is -2.17. The molecule has 1 aromatic heterocycles. The number of carbonyl (C=O) groups excluding carboxylic acids is 2. The average Bonchev–Trinajstić information content (AvgIpc) is 2.66. The maximum atomic E-state index is 11.7. The molecule has 5 heteroatoms. The van der Waals surface area contributed by atoms with Crippen LogP contribution in [-0.2, 0) is 4.79 Å². The first-order valence-corrected chi connectivity index (χ1v) is 5.94. The van der Waals surface area contributed by atoms with Crippen LogP contribution in [0, 0.1) is 0 Å². The van der Waals surface area contributed by atoms with Crippen molar-refractivity contribution in [1.29, 1.82) is 0 Å². The summed E-state index contributed by atoms with van der Waals surface area (Å²) in [6, 6.07) is 0. The van der Waals surface area contributed by atoms with Crippen molar-refractivity contribution in [2.24, 2.45) is 0 Å². The third-order valence-corrected chi connectivity index (χ3v) is 3.31. The van der Waals surface area contributed by atoms with Gasteiger partial charge < -0.3 is 0 Å². The Hall–Kier alpha value is -1.23. The van der Waals surface area contributed by atoms with Gasteiger partial charge in [0.2, 0.25) is 0 Å². The summed E-state index contributed by atoms with van der Waals surface area (Å²) in [6.45, 7) is 2.80. The minimum Gasteiger partial charge on any atom is -0.246 e. The van der Waals surface area contributed by atoms with Gasteiger partial charge in [0.25, 0.3) is 0 Å². The predicted molar refractivity (Wildman–Crippen MR) is 57.0 cm³/mol. The summed E-state index contributed by atoms with van der Waals surface area (Å²) in [4.78, 5) is 24.9. The number of rotatable bonds is 3. The third-order valence-electron chi connectivity index (χ3n) is 2.43. The van der Waals surface area contributed by atoms with Gasteiger partial charge in [-0.05, 0) is 6.42 Å². The molecule has 0 aromatic carbocycles. The minimum absolute atomic E-state index is 0.00187. The molecule has 4 nitrogen and oxygen atoms in total. The number of carbonyl (C=O) groups is 2. The molecule has 2 rings (SSSR count). The number of anilines is 1. The van der Waals surface area contributed by atoms with E-state index in [4.69, 9.17) is 0 Å². The second-order valence-electron chi connectivity index (χ2n) is 3.53. The van der Waals surface area contributed by atoms with E-state index in [9.17, 15) is 9.59 Å². The van der Waals surface area contributed by atoms with Crippen LogP contribution in [0.15, 0.2) is 11.6 Å². The van der Waals surface area contributed by atoms with Gasteiger partial charge in [0.05, 0.1) is 6.54 Å². The van der Waals surface area contributed by atoms with E-state index in [0.717, 1.165) is 18.0 Å². The molecule has 0 atom stereocenters. The molecule has 0 saturated carbocycles. The molecule has 0 spiro atoms. The summed E-state index contributed by atoms with van der Waals surface area (Å²) in [5, 5.41) is 2.59. The maximum Gasteiger partial charge on any atom is 0.351 e. The Labute approximate surface area is 92.1 Å². The second kappa shape index (κ2) is 4.10. The Balaban J connectivity index is 2.28. The van der Waals surface area contributed by atoms with E-state index in [-0.39, 0.29) is 18.2 Å². The number of hydrogen-bond donors (Lipinski definition) is 0. The molecule has 0 saturated heterocycles. The van der Waals surface area contributed by atoms with E-state index in [0.29, 0.717) is 6.54 Å². The Bertz CT molecular complexity index is 400. The Morgan fingerprint density at radius 3 is 3.07 bits per heavy atom. The van der Waals surface area contributed by atoms with E-state index in [1.54, 1.807) is 15.7 Å². The number of unbranched alkanes of at least 4 members (excludes halogenated alkanes) is 1. The van der Waals surface area contributed by atoms with Gasteiger partial charge in [-0.3, -0.25) is 0 Å². The molecular formula is C10H13N2O2S+. The largest absolute Gasteiger partial charge is 0.351 e. The fourth-order valence-electron chi connectivity index (χ4n) is 1.61. The molecule has 2 heterocycles. The number of fused-ring (bicyclic) bond motifs is 1. The summed E-state index contributed by atoms with van der Waals surface area (Å²) in [5.74, 6) is -0.195. The average molecular weight is 225 g/mol. The summed E-state index contributed by atoms with van der Waals surface area (Å²) >= 11 is 1.44. The second-order valence-corrected chi connectivity index (χ2v) is 4.40. The van der Waals surface area contributed by atoms with Crippen LogP contribution >= 0.6 is 11.3 Å². The number of hydrogen-bond acceptors (Lipinski definition) is 3. The zero-order chi connectivity index (χ0) is 10.8. The van der Waals surface area contributed by atoms with Gasteiger partial charge in [0, 0.05) is 5.38 Å². The number of aromatic nitrogens is 1. The normalized spacial score (nSPS) is 15.7. The van der Waals surface area contributed by atoms with Crippen LogP contribution in [0.2, 0.25) is 0 Å². The predicted octanol–water partition coefficient (Wildman–Crippen LogP) is 1.21. The van der Waals surface area contributed by atoms with Crippen LogP contribution in [0.25, 0.3) is 0 Å². The molecule has 0 bridgehead atoms. The first-order chi connectivity index (χ1) is 7.24. The van der Waals surface area contributed by atoms with Gasteiger partial charge in [-0.25, -0.2) is 9.59 Å². The maximum absolute atomic E-state index is 11.7. The Kier molecular flexibility index (Phi) is 2.81. The van der Waals surface area contributed by atoms with Crippen LogP contribution in [0.3, 0.4) is 0 Å².